The van der Waals surface area contributed by atoms with Gasteiger partial charge >= 0.3 is 0 Å². The zero-order valence-corrected chi connectivity index (χ0v) is 17.2. The molecule has 2 aliphatic rings. The van der Waals surface area contributed by atoms with Gasteiger partial charge in [-0.05, 0) is 29.8 Å². The van der Waals surface area contributed by atoms with Crippen LogP contribution in [0.3, 0.4) is 0 Å². The number of H-pyrrole nitrogens is 1. The van der Waals surface area contributed by atoms with Crippen LogP contribution in [0.4, 0.5) is 5.69 Å². The molecule has 0 atom stereocenters. The Kier molecular flexibility index (Phi) is 4.28. The minimum absolute atomic E-state index is 0.0132. The van der Waals surface area contributed by atoms with Gasteiger partial charge in [-0.2, -0.15) is 0 Å². The maximum Gasteiger partial charge on any atom is 0.267 e. The number of carbonyl (C=O) groups excluding carboxylic acids is 1. The summed E-state index contributed by atoms with van der Waals surface area (Å²) in [6.45, 7) is 5.61. The summed E-state index contributed by atoms with van der Waals surface area (Å²) < 4.78 is 2.03. The van der Waals surface area contributed by atoms with Gasteiger partial charge in [0.05, 0.1) is 0 Å². The van der Waals surface area contributed by atoms with Crippen LogP contribution in [-0.4, -0.2) is 53.2 Å². The lowest BCUT2D eigenvalue weighted by molar-refractivity contribution is 0.0928. The van der Waals surface area contributed by atoms with Crippen molar-refractivity contribution in [1.29, 1.82) is 0 Å². The minimum Gasteiger partial charge on any atom is -0.369 e. The van der Waals surface area contributed by atoms with E-state index in [9.17, 15) is 4.79 Å². The highest BCUT2D eigenvalue weighted by Gasteiger charge is 2.20. The van der Waals surface area contributed by atoms with Crippen molar-refractivity contribution in [2.24, 2.45) is 0 Å². The fraction of sp³-hybridized carbons (Fsp3) is 0.250. The Morgan fingerprint density at radius 3 is 2.55 bits per heavy atom. The number of aromatic nitrogens is 3. The summed E-state index contributed by atoms with van der Waals surface area (Å²) in [5.41, 5.74) is 7.16. The summed E-state index contributed by atoms with van der Waals surface area (Å²) in [5.74, 6) is -0.0132. The van der Waals surface area contributed by atoms with Gasteiger partial charge in [0, 0.05) is 85.6 Å². The molecule has 6 rings (SSSR count). The average molecular weight is 412 g/mol. The van der Waals surface area contributed by atoms with E-state index in [1.165, 1.54) is 5.69 Å². The van der Waals surface area contributed by atoms with Gasteiger partial charge < -0.3 is 25.1 Å². The number of amides is 1. The number of aromatic amines is 1. The third-order valence-electron chi connectivity index (χ3n) is 6.29. The van der Waals surface area contributed by atoms with Gasteiger partial charge in [0.25, 0.3) is 5.91 Å². The molecule has 0 spiro atoms. The molecule has 4 aromatic rings. The molecule has 31 heavy (non-hydrogen) atoms. The van der Waals surface area contributed by atoms with Crippen LogP contribution in [0.15, 0.2) is 55.0 Å². The largest absolute Gasteiger partial charge is 0.369 e. The van der Waals surface area contributed by atoms with E-state index in [1.54, 1.807) is 0 Å². The topological polar surface area (TPSA) is 78.0 Å². The smallest absolute Gasteiger partial charge is 0.267 e. The molecular formula is C24H24N6O. The van der Waals surface area contributed by atoms with E-state index in [0.717, 1.165) is 66.0 Å². The Hall–Kier alpha value is -3.58. The van der Waals surface area contributed by atoms with Crippen LogP contribution in [0.25, 0.3) is 33.3 Å². The molecular weight excluding hydrogens is 388 g/mol. The molecule has 0 unspecified atom stereocenters. The zero-order chi connectivity index (χ0) is 20.8. The third kappa shape index (κ3) is 3.18. The van der Waals surface area contributed by atoms with Crippen LogP contribution in [-0.2, 0) is 6.54 Å². The summed E-state index contributed by atoms with van der Waals surface area (Å²) in [6.07, 6.45) is 5.96. The number of anilines is 1. The first-order chi connectivity index (χ1) is 15.3. The molecule has 1 amide bonds. The van der Waals surface area contributed by atoms with Gasteiger partial charge in [0.15, 0.2) is 0 Å². The molecule has 3 aromatic heterocycles. The van der Waals surface area contributed by atoms with Crippen LogP contribution in [0.2, 0.25) is 0 Å². The van der Waals surface area contributed by atoms with Crippen molar-refractivity contribution in [3.63, 3.8) is 0 Å². The van der Waals surface area contributed by atoms with Gasteiger partial charge in [-0.15, -0.1) is 0 Å². The van der Waals surface area contributed by atoms with Crippen molar-refractivity contribution in [2.75, 3.05) is 37.6 Å². The zero-order valence-electron chi connectivity index (χ0n) is 17.2. The highest BCUT2D eigenvalue weighted by molar-refractivity contribution is 5.99. The molecule has 2 aliphatic heterocycles. The second-order valence-electron chi connectivity index (χ2n) is 8.17. The molecule has 156 valence electrons. The van der Waals surface area contributed by atoms with Gasteiger partial charge in [0.1, 0.15) is 11.3 Å². The Morgan fingerprint density at radius 1 is 0.903 bits per heavy atom. The van der Waals surface area contributed by atoms with E-state index in [4.69, 9.17) is 0 Å². The van der Waals surface area contributed by atoms with Crippen molar-refractivity contribution in [3.8, 4) is 22.3 Å². The third-order valence-corrected chi connectivity index (χ3v) is 6.29. The fourth-order valence-corrected chi connectivity index (χ4v) is 4.60. The van der Waals surface area contributed by atoms with Crippen LogP contribution in [0.5, 0.6) is 0 Å². The first-order valence-corrected chi connectivity index (χ1v) is 10.8. The van der Waals surface area contributed by atoms with Crippen molar-refractivity contribution < 1.29 is 4.79 Å². The molecule has 1 fully saturated rings. The fourth-order valence-electron chi connectivity index (χ4n) is 4.60. The number of piperazine rings is 1. The molecule has 7 nitrogen and oxygen atoms in total. The number of nitrogens with one attached hydrogen (secondary N) is 3. The predicted octanol–water partition coefficient (Wildman–Crippen LogP) is 2.85. The van der Waals surface area contributed by atoms with Crippen LogP contribution in [0, 0.1) is 0 Å². The highest BCUT2D eigenvalue weighted by Crippen LogP contribution is 2.33. The van der Waals surface area contributed by atoms with Crippen LogP contribution in [0.1, 0.15) is 10.5 Å². The lowest BCUT2D eigenvalue weighted by atomic mass is 10.0. The summed E-state index contributed by atoms with van der Waals surface area (Å²) in [7, 11) is 0. The maximum atomic E-state index is 12.2. The normalized spacial score (nSPS) is 16.4. The minimum atomic E-state index is -0.0132. The van der Waals surface area contributed by atoms with Crippen molar-refractivity contribution in [1.82, 2.24) is 25.2 Å². The predicted molar refractivity (Wildman–Crippen MR) is 122 cm³/mol. The Morgan fingerprint density at radius 2 is 1.74 bits per heavy atom. The van der Waals surface area contributed by atoms with Gasteiger partial charge in [-0.25, -0.2) is 4.98 Å². The van der Waals surface area contributed by atoms with Gasteiger partial charge in [-0.3, -0.25) is 4.79 Å². The van der Waals surface area contributed by atoms with E-state index < -0.39 is 0 Å². The number of rotatable bonds is 3. The maximum absolute atomic E-state index is 12.2. The number of hydrogen-bond acceptors (Lipinski definition) is 4. The average Bonchev–Trinajstić information content (AvgIpc) is 3.44. The summed E-state index contributed by atoms with van der Waals surface area (Å²) in [5, 5.41) is 7.36. The monoisotopic (exact) mass is 412 g/mol. The first-order valence-electron chi connectivity index (χ1n) is 10.8. The van der Waals surface area contributed by atoms with E-state index in [-0.39, 0.29) is 5.91 Å². The first kappa shape index (κ1) is 18.2. The number of carbonyl (C=O) groups is 1. The Labute approximate surface area is 180 Å². The van der Waals surface area contributed by atoms with E-state index in [1.807, 2.05) is 23.0 Å². The standard InChI is InChI=1S/C24H24N6O/c31-24-22-12-18(15-30(22)10-7-26-24)21-14-28-23-20(21)11-17(13-27-23)16-1-3-19(4-2-16)29-8-5-25-6-9-29/h1-4,11-15,25H,5-10H2,(H,26,31)(H,27,28). The Balaban J connectivity index is 1.35. The quantitative estimate of drug-likeness (QED) is 0.484. The van der Waals surface area contributed by atoms with Crippen molar-refractivity contribution in [3.05, 3.63) is 60.7 Å². The molecule has 7 heteroatoms. The SMILES string of the molecule is O=C1NCCn2cc(-c3c[nH]c4ncc(-c5ccc(N6CCNCC6)cc5)cc34)cc21. The van der Waals surface area contributed by atoms with Crippen molar-refractivity contribution >= 4 is 22.6 Å². The van der Waals surface area contributed by atoms with E-state index >= 15 is 0 Å². The molecule has 0 radical (unpaired) electrons. The van der Waals surface area contributed by atoms with E-state index in [0.29, 0.717) is 12.2 Å². The summed E-state index contributed by atoms with van der Waals surface area (Å²) in [4.78, 5) is 22.5. The molecule has 5 heterocycles. The number of pyridine rings is 1. The molecule has 1 aromatic carbocycles. The van der Waals surface area contributed by atoms with Crippen molar-refractivity contribution in [2.45, 2.75) is 6.54 Å². The lowest BCUT2D eigenvalue weighted by Crippen LogP contribution is -2.43. The summed E-state index contributed by atoms with van der Waals surface area (Å²) in [6, 6.07) is 12.9. The number of nitrogens with zero attached hydrogens (tertiary/aromatic N) is 3. The number of benzene rings is 1. The van der Waals surface area contributed by atoms with Gasteiger partial charge in [-0.1, -0.05) is 12.1 Å². The Bertz CT molecular complexity index is 1260. The van der Waals surface area contributed by atoms with Crippen LogP contribution < -0.4 is 15.5 Å². The number of hydrogen-bond donors (Lipinski definition) is 3. The lowest BCUT2D eigenvalue weighted by Gasteiger charge is -2.29. The molecule has 0 saturated carbocycles. The number of fused-ring (bicyclic) bond motifs is 2. The van der Waals surface area contributed by atoms with Crippen LogP contribution >= 0.6 is 0 Å². The molecule has 0 bridgehead atoms. The molecule has 3 N–H and O–H groups in total. The second kappa shape index (κ2) is 7.28. The molecule has 0 aliphatic carbocycles. The van der Waals surface area contributed by atoms with Gasteiger partial charge in [0.2, 0.25) is 0 Å². The molecule has 1 saturated heterocycles. The van der Waals surface area contributed by atoms with E-state index in [2.05, 4.69) is 62.0 Å². The second-order valence-corrected chi connectivity index (χ2v) is 8.17. The summed E-state index contributed by atoms with van der Waals surface area (Å²) >= 11 is 0. The highest BCUT2D eigenvalue weighted by atomic mass is 16.2.